The molecule has 0 aliphatic carbocycles. The number of nitro groups is 1. The molecule has 0 spiro atoms. The second-order valence-electron chi connectivity index (χ2n) is 4.19. The van der Waals surface area contributed by atoms with Crippen LogP contribution in [0, 0.1) is 10.1 Å². The Labute approximate surface area is 114 Å². The first-order valence-corrected chi connectivity index (χ1v) is 5.78. The predicted molar refractivity (Wildman–Crippen MR) is 71.9 cm³/mol. The Morgan fingerprint density at radius 2 is 2.25 bits per heavy atom. The Hall–Kier alpha value is -2.90. The van der Waals surface area contributed by atoms with Crippen molar-refractivity contribution in [2.24, 2.45) is 7.05 Å². The SMILES string of the molecule is Cn1ccc(CNC(=O)c2ccc([N+](=O)[O-])c(N)c2)n1. The molecule has 0 bridgehead atoms. The molecule has 0 fully saturated rings. The molecule has 104 valence electrons. The molecular weight excluding hydrogens is 262 g/mol. The summed E-state index contributed by atoms with van der Waals surface area (Å²) in [5, 5.41) is 17.4. The first kappa shape index (κ1) is 13.5. The fourth-order valence-corrected chi connectivity index (χ4v) is 1.69. The normalized spacial score (nSPS) is 10.2. The van der Waals surface area contributed by atoms with Crippen molar-refractivity contribution in [1.29, 1.82) is 0 Å². The molecule has 0 saturated heterocycles. The Balaban J connectivity index is 2.06. The Bertz CT molecular complexity index is 665. The second-order valence-corrected chi connectivity index (χ2v) is 4.19. The van der Waals surface area contributed by atoms with E-state index < -0.39 is 4.92 Å². The second kappa shape index (κ2) is 5.39. The lowest BCUT2D eigenvalue weighted by atomic mass is 10.1. The van der Waals surface area contributed by atoms with Gasteiger partial charge in [-0.2, -0.15) is 5.10 Å². The molecule has 1 amide bonds. The van der Waals surface area contributed by atoms with Gasteiger partial charge in [-0.1, -0.05) is 0 Å². The molecule has 0 saturated carbocycles. The minimum absolute atomic E-state index is 0.0412. The van der Waals surface area contributed by atoms with Crippen LogP contribution in [0.3, 0.4) is 0 Å². The first-order valence-electron chi connectivity index (χ1n) is 5.78. The van der Waals surface area contributed by atoms with E-state index in [1.165, 1.54) is 18.2 Å². The number of nitro benzene ring substituents is 1. The molecule has 3 N–H and O–H groups in total. The van der Waals surface area contributed by atoms with Crippen LogP contribution in [0.25, 0.3) is 0 Å². The van der Waals surface area contributed by atoms with Gasteiger partial charge in [-0.15, -0.1) is 0 Å². The molecule has 0 atom stereocenters. The maximum atomic E-state index is 11.9. The van der Waals surface area contributed by atoms with E-state index in [0.717, 1.165) is 5.69 Å². The first-order chi connectivity index (χ1) is 9.47. The molecule has 0 aliphatic rings. The van der Waals surface area contributed by atoms with Crippen molar-refractivity contribution in [2.45, 2.75) is 6.54 Å². The monoisotopic (exact) mass is 275 g/mol. The number of hydrogen-bond acceptors (Lipinski definition) is 5. The summed E-state index contributed by atoms with van der Waals surface area (Å²) in [6.45, 7) is 0.274. The molecule has 8 heteroatoms. The van der Waals surface area contributed by atoms with Crippen molar-refractivity contribution in [2.75, 3.05) is 5.73 Å². The highest BCUT2D eigenvalue weighted by Crippen LogP contribution is 2.21. The fraction of sp³-hybridized carbons (Fsp3) is 0.167. The number of benzene rings is 1. The largest absolute Gasteiger partial charge is 0.393 e. The van der Waals surface area contributed by atoms with E-state index in [2.05, 4.69) is 10.4 Å². The quantitative estimate of drug-likeness (QED) is 0.487. The van der Waals surface area contributed by atoms with Gasteiger partial charge in [0.25, 0.3) is 11.6 Å². The summed E-state index contributed by atoms with van der Waals surface area (Å²) in [5.74, 6) is -0.364. The van der Waals surface area contributed by atoms with Gasteiger partial charge in [0.2, 0.25) is 0 Å². The number of nitrogens with two attached hydrogens (primary N) is 1. The zero-order valence-electron chi connectivity index (χ0n) is 10.7. The summed E-state index contributed by atoms with van der Waals surface area (Å²) >= 11 is 0. The summed E-state index contributed by atoms with van der Waals surface area (Å²) in [6.07, 6.45) is 1.77. The van der Waals surface area contributed by atoms with Crippen molar-refractivity contribution in [3.63, 3.8) is 0 Å². The smallest absolute Gasteiger partial charge is 0.292 e. The average Bonchev–Trinajstić information content (AvgIpc) is 2.81. The van der Waals surface area contributed by atoms with Gasteiger partial charge < -0.3 is 11.1 Å². The molecule has 2 aromatic rings. The summed E-state index contributed by atoms with van der Waals surface area (Å²) in [6, 6.07) is 5.64. The summed E-state index contributed by atoms with van der Waals surface area (Å²) < 4.78 is 1.63. The van der Waals surface area contributed by atoms with Crippen molar-refractivity contribution in [3.05, 3.63) is 51.8 Å². The predicted octanol–water partition coefficient (Wildman–Crippen LogP) is 0.841. The number of anilines is 1. The number of hydrogen-bond donors (Lipinski definition) is 2. The van der Waals surface area contributed by atoms with Crippen LogP contribution in [0.15, 0.2) is 30.5 Å². The van der Waals surface area contributed by atoms with E-state index in [9.17, 15) is 14.9 Å². The standard InChI is InChI=1S/C12H13N5O3/c1-16-5-4-9(15-16)7-14-12(18)8-2-3-11(17(19)20)10(13)6-8/h2-6H,7,13H2,1H3,(H,14,18). The maximum absolute atomic E-state index is 11.9. The van der Waals surface area contributed by atoms with Crippen molar-refractivity contribution in [3.8, 4) is 0 Å². The molecule has 2 rings (SSSR count). The topological polar surface area (TPSA) is 116 Å². The number of nitrogens with zero attached hydrogens (tertiary/aromatic N) is 3. The third-order valence-corrected chi connectivity index (χ3v) is 2.69. The highest BCUT2D eigenvalue weighted by atomic mass is 16.6. The van der Waals surface area contributed by atoms with Crippen LogP contribution in [0.1, 0.15) is 16.1 Å². The van der Waals surface area contributed by atoms with Crippen LogP contribution >= 0.6 is 0 Å². The van der Waals surface area contributed by atoms with E-state index in [1.807, 2.05) is 0 Å². The van der Waals surface area contributed by atoms with Gasteiger partial charge in [0.15, 0.2) is 0 Å². The lowest BCUT2D eigenvalue weighted by Gasteiger charge is -2.04. The molecule has 0 unspecified atom stereocenters. The summed E-state index contributed by atoms with van der Waals surface area (Å²) in [5.41, 5.74) is 6.26. The molecule has 0 radical (unpaired) electrons. The lowest BCUT2D eigenvalue weighted by Crippen LogP contribution is -2.23. The average molecular weight is 275 g/mol. The van der Waals surface area contributed by atoms with Gasteiger partial charge in [0, 0.05) is 24.9 Å². The number of carbonyl (C=O) groups is 1. The number of nitrogens with one attached hydrogen (secondary N) is 1. The van der Waals surface area contributed by atoms with Gasteiger partial charge >= 0.3 is 0 Å². The molecule has 8 nitrogen and oxygen atoms in total. The van der Waals surface area contributed by atoms with Crippen LogP contribution in [0.4, 0.5) is 11.4 Å². The van der Waals surface area contributed by atoms with Gasteiger partial charge in [-0.05, 0) is 18.2 Å². The van der Waals surface area contributed by atoms with E-state index in [-0.39, 0.29) is 29.4 Å². The maximum Gasteiger partial charge on any atom is 0.292 e. The van der Waals surface area contributed by atoms with Crippen molar-refractivity contribution >= 4 is 17.3 Å². The fourth-order valence-electron chi connectivity index (χ4n) is 1.69. The minimum Gasteiger partial charge on any atom is -0.393 e. The van der Waals surface area contributed by atoms with Crippen LogP contribution in [-0.2, 0) is 13.6 Å². The van der Waals surface area contributed by atoms with Gasteiger partial charge in [-0.25, -0.2) is 0 Å². The number of aryl methyl sites for hydroxylation is 1. The van der Waals surface area contributed by atoms with E-state index in [4.69, 9.17) is 5.73 Å². The Morgan fingerprint density at radius 3 is 2.80 bits per heavy atom. The van der Waals surface area contributed by atoms with E-state index in [0.29, 0.717) is 0 Å². The van der Waals surface area contributed by atoms with Crippen molar-refractivity contribution < 1.29 is 9.72 Å². The molecule has 1 aromatic heterocycles. The molecule has 1 heterocycles. The van der Waals surface area contributed by atoms with Crippen LogP contribution in [0.5, 0.6) is 0 Å². The van der Waals surface area contributed by atoms with E-state index in [1.54, 1.807) is 24.0 Å². The molecule has 1 aromatic carbocycles. The van der Waals surface area contributed by atoms with Gasteiger partial charge in [0.05, 0.1) is 17.2 Å². The Morgan fingerprint density at radius 1 is 1.50 bits per heavy atom. The third kappa shape index (κ3) is 2.91. The Kier molecular flexibility index (Phi) is 3.65. The lowest BCUT2D eigenvalue weighted by molar-refractivity contribution is -0.383. The number of aromatic nitrogens is 2. The van der Waals surface area contributed by atoms with Crippen LogP contribution < -0.4 is 11.1 Å². The third-order valence-electron chi connectivity index (χ3n) is 2.69. The molecule has 0 aliphatic heterocycles. The summed E-state index contributed by atoms with van der Waals surface area (Å²) in [4.78, 5) is 21.9. The highest BCUT2D eigenvalue weighted by Gasteiger charge is 2.14. The highest BCUT2D eigenvalue weighted by molar-refractivity contribution is 5.95. The molecular formula is C12H13N5O3. The van der Waals surface area contributed by atoms with E-state index >= 15 is 0 Å². The number of amides is 1. The van der Waals surface area contributed by atoms with Crippen LogP contribution in [-0.4, -0.2) is 20.6 Å². The molecule has 20 heavy (non-hydrogen) atoms. The summed E-state index contributed by atoms with van der Waals surface area (Å²) in [7, 11) is 1.78. The van der Waals surface area contributed by atoms with Gasteiger partial charge in [-0.3, -0.25) is 19.6 Å². The number of rotatable bonds is 4. The van der Waals surface area contributed by atoms with Crippen molar-refractivity contribution in [1.82, 2.24) is 15.1 Å². The zero-order valence-corrected chi connectivity index (χ0v) is 10.7. The van der Waals surface area contributed by atoms with Gasteiger partial charge in [0.1, 0.15) is 5.69 Å². The zero-order chi connectivity index (χ0) is 14.7. The number of carbonyl (C=O) groups excluding carboxylic acids is 1. The van der Waals surface area contributed by atoms with Crippen LogP contribution in [0.2, 0.25) is 0 Å². The minimum atomic E-state index is -0.592. The number of nitrogen functional groups attached to an aromatic ring is 1.